The normalized spacial score (nSPS) is 16.9. The molecule has 0 atom stereocenters. The third kappa shape index (κ3) is 2.46. The van der Waals surface area contributed by atoms with Gasteiger partial charge in [0.05, 0.1) is 22.5 Å². The maximum Gasteiger partial charge on any atom is 0.259 e. The number of allylic oxidation sites excluding steroid dienone is 1. The molecule has 0 spiro atoms. The summed E-state index contributed by atoms with van der Waals surface area (Å²) >= 11 is 0. The number of nitrogens with one attached hydrogen (secondary N) is 1. The molecular weight excluding hydrogens is 370 g/mol. The van der Waals surface area contributed by atoms with Crippen molar-refractivity contribution in [3.05, 3.63) is 83.2 Å². The zero-order chi connectivity index (χ0) is 20.5. The number of carbonyl (C=O) groups is 1. The number of hydrogen-bond acceptors (Lipinski definition) is 2. The van der Waals surface area contributed by atoms with Crippen molar-refractivity contribution < 1.29 is 4.79 Å². The minimum atomic E-state index is -0.0291. The van der Waals surface area contributed by atoms with Crippen LogP contribution in [0.3, 0.4) is 0 Å². The number of H-pyrrole nitrogens is 1. The Hall–Kier alpha value is -3.40. The van der Waals surface area contributed by atoms with Gasteiger partial charge in [0.25, 0.3) is 5.91 Å². The van der Waals surface area contributed by atoms with Crippen LogP contribution in [0.4, 0.5) is 0 Å². The van der Waals surface area contributed by atoms with Crippen LogP contribution in [0.25, 0.3) is 27.5 Å². The Labute approximate surface area is 175 Å². The molecule has 0 saturated heterocycles. The Morgan fingerprint density at radius 3 is 2.67 bits per heavy atom. The third-order valence-corrected chi connectivity index (χ3v) is 6.40. The van der Waals surface area contributed by atoms with Crippen LogP contribution >= 0.6 is 0 Å². The molecule has 6 rings (SSSR count). The lowest BCUT2D eigenvalue weighted by atomic mass is 9.79. The van der Waals surface area contributed by atoms with Gasteiger partial charge < -0.3 is 9.88 Å². The van der Waals surface area contributed by atoms with Gasteiger partial charge in [-0.1, -0.05) is 56.3 Å². The summed E-state index contributed by atoms with van der Waals surface area (Å²) < 4.78 is 0. The average Bonchev–Trinajstić information content (AvgIpc) is 3.25. The summed E-state index contributed by atoms with van der Waals surface area (Å²) in [4.78, 5) is 23.9. The standard InChI is InChI=1S/C26H23N3O/c1-26(2)13-21-24-22(14-26)29(12-11-16-15-27-19-9-5-3-7-17(16)19)25(30)23(24)18-8-4-6-10-20(18)28-21/h3-10,14-15,27H,11-13H2,1-2H3. The van der Waals surface area contributed by atoms with Gasteiger partial charge in [-0.3, -0.25) is 9.78 Å². The molecule has 1 aliphatic heterocycles. The largest absolute Gasteiger partial charge is 0.361 e. The van der Waals surface area contributed by atoms with E-state index in [1.807, 2.05) is 35.2 Å². The number of pyridine rings is 1. The minimum Gasteiger partial charge on any atom is -0.361 e. The monoisotopic (exact) mass is 393 g/mol. The second-order valence-electron chi connectivity index (χ2n) is 9.09. The number of nitrogens with zero attached hydrogens (tertiary/aromatic N) is 2. The number of hydrogen-bond donors (Lipinski definition) is 1. The van der Waals surface area contributed by atoms with Crippen LogP contribution in [0, 0.1) is 5.41 Å². The highest BCUT2D eigenvalue weighted by Gasteiger charge is 2.41. The summed E-state index contributed by atoms with van der Waals surface area (Å²) in [5.74, 6) is 0.105. The van der Waals surface area contributed by atoms with E-state index in [1.165, 1.54) is 10.9 Å². The number of rotatable bonds is 3. The lowest BCUT2D eigenvalue weighted by Crippen LogP contribution is -2.28. The van der Waals surface area contributed by atoms with Crippen molar-refractivity contribution in [2.45, 2.75) is 26.7 Å². The highest BCUT2D eigenvalue weighted by atomic mass is 16.2. The molecule has 0 unspecified atom stereocenters. The van der Waals surface area contributed by atoms with Crippen LogP contribution in [0.2, 0.25) is 0 Å². The molecule has 0 fully saturated rings. The molecule has 30 heavy (non-hydrogen) atoms. The molecular formula is C26H23N3O. The fourth-order valence-electron chi connectivity index (χ4n) is 5.06. The molecule has 1 N–H and O–H groups in total. The van der Waals surface area contributed by atoms with Crippen molar-refractivity contribution in [1.82, 2.24) is 14.9 Å². The van der Waals surface area contributed by atoms with Crippen molar-refractivity contribution in [2.24, 2.45) is 5.41 Å². The van der Waals surface area contributed by atoms with Crippen molar-refractivity contribution in [1.29, 1.82) is 0 Å². The Morgan fingerprint density at radius 1 is 1.03 bits per heavy atom. The SMILES string of the molecule is CC1(C)C=C2c3c(nc4ccccc4c3C(=O)N2CCc2c[nH]c3ccccc23)C1. The van der Waals surface area contributed by atoms with Crippen LogP contribution in [0.15, 0.2) is 60.8 Å². The van der Waals surface area contributed by atoms with Crippen LogP contribution in [0.1, 0.15) is 41.0 Å². The maximum atomic E-state index is 13.6. The Morgan fingerprint density at radius 2 is 1.80 bits per heavy atom. The van der Waals surface area contributed by atoms with Crippen LogP contribution in [-0.2, 0) is 12.8 Å². The molecule has 2 aromatic heterocycles. The Kier molecular flexibility index (Phi) is 3.52. The number of para-hydroxylation sites is 2. The highest BCUT2D eigenvalue weighted by molar-refractivity contribution is 6.17. The molecule has 148 valence electrons. The predicted molar refractivity (Wildman–Crippen MR) is 120 cm³/mol. The summed E-state index contributed by atoms with van der Waals surface area (Å²) in [5.41, 5.74) is 7.24. The number of benzene rings is 2. The van der Waals surface area contributed by atoms with Gasteiger partial charge in [0, 0.05) is 34.6 Å². The molecule has 4 aromatic rings. The fourth-order valence-corrected chi connectivity index (χ4v) is 5.06. The van der Waals surface area contributed by atoms with E-state index in [2.05, 4.69) is 49.3 Å². The number of amides is 1. The Bertz CT molecular complexity index is 1380. The van der Waals surface area contributed by atoms with Gasteiger partial charge in [-0.2, -0.15) is 0 Å². The van der Waals surface area contributed by atoms with Gasteiger partial charge >= 0.3 is 0 Å². The number of carbonyl (C=O) groups excluding carboxylic acids is 1. The minimum absolute atomic E-state index is 0.0291. The van der Waals surface area contributed by atoms with Gasteiger partial charge in [0.2, 0.25) is 0 Å². The van der Waals surface area contributed by atoms with Gasteiger partial charge in [-0.05, 0) is 36.0 Å². The molecule has 4 nitrogen and oxygen atoms in total. The fraction of sp³-hybridized carbons (Fsp3) is 0.231. The summed E-state index contributed by atoms with van der Waals surface area (Å²) in [5, 5.41) is 2.19. The molecule has 2 aromatic carbocycles. The van der Waals surface area contributed by atoms with E-state index in [1.54, 1.807) is 0 Å². The number of fused-ring (bicyclic) bond motifs is 3. The smallest absolute Gasteiger partial charge is 0.259 e. The van der Waals surface area contributed by atoms with Crippen molar-refractivity contribution >= 4 is 33.4 Å². The summed E-state index contributed by atoms with van der Waals surface area (Å²) in [6, 6.07) is 16.4. The van der Waals surface area contributed by atoms with Gasteiger partial charge in [0.1, 0.15) is 0 Å². The van der Waals surface area contributed by atoms with E-state index in [9.17, 15) is 4.79 Å². The summed E-state index contributed by atoms with van der Waals surface area (Å²) in [6.07, 6.45) is 6.00. The van der Waals surface area contributed by atoms with Crippen molar-refractivity contribution in [3.8, 4) is 0 Å². The summed E-state index contributed by atoms with van der Waals surface area (Å²) in [6.45, 7) is 5.10. The molecule has 1 amide bonds. The van der Waals surface area contributed by atoms with E-state index in [-0.39, 0.29) is 11.3 Å². The van der Waals surface area contributed by atoms with E-state index in [0.717, 1.165) is 51.8 Å². The lowest BCUT2D eigenvalue weighted by Gasteiger charge is -2.30. The first-order chi connectivity index (χ1) is 14.5. The molecule has 3 heterocycles. The van der Waals surface area contributed by atoms with Gasteiger partial charge in [-0.25, -0.2) is 0 Å². The van der Waals surface area contributed by atoms with E-state index >= 15 is 0 Å². The molecule has 0 saturated carbocycles. The molecule has 2 aliphatic rings. The lowest BCUT2D eigenvalue weighted by molar-refractivity contribution is 0.0852. The zero-order valence-corrected chi connectivity index (χ0v) is 17.2. The second kappa shape index (κ2) is 6.05. The van der Waals surface area contributed by atoms with Gasteiger partial charge in [0.15, 0.2) is 0 Å². The van der Waals surface area contributed by atoms with Crippen LogP contribution in [0.5, 0.6) is 0 Å². The molecule has 0 bridgehead atoms. The third-order valence-electron chi connectivity index (χ3n) is 6.40. The summed E-state index contributed by atoms with van der Waals surface area (Å²) in [7, 11) is 0. The average molecular weight is 393 g/mol. The second-order valence-corrected chi connectivity index (χ2v) is 9.09. The van der Waals surface area contributed by atoms with Crippen molar-refractivity contribution in [2.75, 3.05) is 6.54 Å². The number of aromatic amines is 1. The maximum absolute atomic E-state index is 13.6. The topological polar surface area (TPSA) is 49.0 Å². The first-order valence-corrected chi connectivity index (χ1v) is 10.5. The van der Waals surface area contributed by atoms with E-state index in [4.69, 9.17) is 4.98 Å². The molecule has 1 aliphatic carbocycles. The van der Waals surface area contributed by atoms with E-state index in [0.29, 0.717) is 6.54 Å². The van der Waals surface area contributed by atoms with Gasteiger partial charge in [-0.15, -0.1) is 0 Å². The van der Waals surface area contributed by atoms with E-state index < -0.39 is 0 Å². The Balaban J connectivity index is 1.45. The quantitative estimate of drug-likeness (QED) is 0.511. The first-order valence-electron chi connectivity index (χ1n) is 10.5. The zero-order valence-electron chi connectivity index (χ0n) is 17.2. The molecule has 0 radical (unpaired) electrons. The molecule has 4 heteroatoms. The highest BCUT2D eigenvalue weighted by Crippen LogP contribution is 2.45. The van der Waals surface area contributed by atoms with Crippen LogP contribution in [-0.4, -0.2) is 27.3 Å². The predicted octanol–water partition coefficient (Wildman–Crippen LogP) is 5.34. The number of aromatic nitrogens is 2. The van der Waals surface area contributed by atoms with Crippen molar-refractivity contribution in [3.63, 3.8) is 0 Å². The first kappa shape index (κ1) is 17.5. The van der Waals surface area contributed by atoms with Crippen LogP contribution < -0.4 is 0 Å².